The smallest absolute Gasteiger partial charge is 0.371 e. The lowest BCUT2D eigenvalue weighted by molar-refractivity contribution is -0.246. The van der Waals surface area contributed by atoms with E-state index in [1.165, 1.54) is 6.08 Å². The van der Waals surface area contributed by atoms with Crippen LogP contribution in [-0.2, 0) is 14.3 Å². The van der Waals surface area contributed by atoms with Gasteiger partial charge in [-0.3, -0.25) is 0 Å². The Bertz CT molecular complexity index is 572. The van der Waals surface area contributed by atoms with Gasteiger partial charge in [-0.1, -0.05) is 28.1 Å². The molecule has 1 saturated heterocycles. The number of aliphatic carboxylic acids is 1. The maximum absolute atomic E-state index is 11.3. The van der Waals surface area contributed by atoms with E-state index in [-0.39, 0.29) is 12.2 Å². The summed E-state index contributed by atoms with van der Waals surface area (Å²) in [5.74, 6) is -1.66. The number of benzene rings is 1. The lowest BCUT2D eigenvalue weighted by Gasteiger charge is -2.36. The zero-order chi connectivity index (χ0) is 17.0. The van der Waals surface area contributed by atoms with Crippen LogP contribution in [0.3, 0.4) is 0 Å². The van der Waals surface area contributed by atoms with Gasteiger partial charge in [0.15, 0.2) is 0 Å². The molecular formula is C15H17BrO7. The van der Waals surface area contributed by atoms with Gasteiger partial charge in [0, 0.05) is 10.9 Å². The molecule has 0 amide bonds. The number of aliphatic hydroxyl groups excluding tert-OH is 3. The average molecular weight is 389 g/mol. The second-order valence-corrected chi connectivity index (χ2v) is 5.98. The van der Waals surface area contributed by atoms with E-state index in [0.29, 0.717) is 5.56 Å². The molecule has 0 radical (unpaired) electrons. The number of carboxylic acids is 1. The number of ether oxygens (including phenoxy) is 2. The predicted octanol–water partition coefficient (Wildman–Crippen LogP) is 0.720. The van der Waals surface area contributed by atoms with E-state index < -0.39 is 37.2 Å². The van der Waals surface area contributed by atoms with Crippen molar-refractivity contribution in [2.75, 3.05) is 6.61 Å². The molecule has 0 aliphatic carbocycles. The summed E-state index contributed by atoms with van der Waals surface area (Å²) in [6, 6.07) is 6.91. The van der Waals surface area contributed by atoms with Crippen molar-refractivity contribution in [3.63, 3.8) is 0 Å². The number of carboxylic acid groups (broad SMARTS) is 1. The quantitative estimate of drug-likeness (QED) is 0.433. The van der Waals surface area contributed by atoms with Gasteiger partial charge >= 0.3 is 5.97 Å². The maximum Gasteiger partial charge on any atom is 0.371 e. The SMILES string of the molecule is O=C(O)/C(=C/c1ccc(Br)cc1)O[C@@H]1C[C@H](O)[C@@H](O)[C@H](CO)O1. The first kappa shape index (κ1) is 17.9. The van der Waals surface area contributed by atoms with Crippen LogP contribution in [-0.4, -0.2) is 57.6 Å². The molecule has 0 saturated carbocycles. The first-order valence-corrected chi connectivity index (χ1v) is 7.69. The van der Waals surface area contributed by atoms with Crippen molar-refractivity contribution in [3.8, 4) is 0 Å². The Morgan fingerprint density at radius 2 is 2.00 bits per heavy atom. The Kier molecular flexibility index (Phi) is 6.14. The summed E-state index contributed by atoms with van der Waals surface area (Å²) in [5.41, 5.74) is 0.612. The number of aliphatic hydroxyl groups is 3. The monoisotopic (exact) mass is 388 g/mol. The van der Waals surface area contributed by atoms with E-state index >= 15 is 0 Å². The Hall–Kier alpha value is -1.45. The Labute approximate surface area is 140 Å². The molecule has 1 aliphatic heterocycles. The zero-order valence-corrected chi connectivity index (χ0v) is 13.6. The molecule has 1 fully saturated rings. The first-order chi connectivity index (χ1) is 10.9. The van der Waals surface area contributed by atoms with Gasteiger partial charge in [-0.2, -0.15) is 0 Å². The largest absolute Gasteiger partial charge is 0.475 e. The highest BCUT2D eigenvalue weighted by molar-refractivity contribution is 9.10. The van der Waals surface area contributed by atoms with Crippen LogP contribution in [0.5, 0.6) is 0 Å². The summed E-state index contributed by atoms with van der Waals surface area (Å²) >= 11 is 3.28. The van der Waals surface area contributed by atoms with Gasteiger partial charge in [0.25, 0.3) is 0 Å². The van der Waals surface area contributed by atoms with E-state index in [0.717, 1.165) is 4.47 Å². The van der Waals surface area contributed by atoms with Crippen molar-refractivity contribution < 1.29 is 34.7 Å². The molecule has 4 N–H and O–H groups in total. The lowest BCUT2D eigenvalue weighted by atomic mass is 10.0. The minimum absolute atomic E-state index is 0.109. The van der Waals surface area contributed by atoms with Crippen molar-refractivity contribution in [2.24, 2.45) is 0 Å². The Morgan fingerprint density at radius 1 is 1.35 bits per heavy atom. The fourth-order valence-electron chi connectivity index (χ4n) is 2.14. The van der Waals surface area contributed by atoms with Gasteiger partial charge in [0.1, 0.15) is 12.2 Å². The van der Waals surface area contributed by atoms with Crippen molar-refractivity contribution in [2.45, 2.75) is 31.0 Å². The topological polar surface area (TPSA) is 116 Å². The molecule has 23 heavy (non-hydrogen) atoms. The number of carbonyl (C=O) groups is 1. The minimum Gasteiger partial charge on any atom is -0.475 e. The third-order valence-corrected chi connectivity index (χ3v) is 3.88. The van der Waals surface area contributed by atoms with Crippen molar-refractivity contribution in [3.05, 3.63) is 40.1 Å². The van der Waals surface area contributed by atoms with Crippen LogP contribution in [0.25, 0.3) is 6.08 Å². The van der Waals surface area contributed by atoms with Gasteiger partial charge in [0.05, 0.1) is 12.7 Å². The molecule has 126 valence electrons. The fraction of sp³-hybridized carbons (Fsp3) is 0.400. The summed E-state index contributed by atoms with van der Waals surface area (Å²) in [7, 11) is 0. The zero-order valence-electron chi connectivity index (χ0n) is 12.0. The second kappa shape index (κ2) is 7.89. The molecule has 8 heteroatoms. The van der Waals surface area contributed by atoms with Gasteiger partial charge in [0.2, 0.25) is 12.0 Å². The van der Waals surface area contributed by atoms with E-state index in [4.69, 9.17) is 14.6 Å². The molecule has 1 aliphatic rings. The van der Waals surface area contributed by atoms with Crippen molar-refractivity contribution in [1.29, 1.82) is 0 Å². The fourth-order valence-corrected chi connectivity index (χ4v) is 2.40. The van der Waals surface area contributed by atoms with Crippen LogP contribution in [0.4, 0.5) is 0 Å². The highest BCUT2D eigenvalue weighted by Gasteiger charge is 2.38. The second-order valence-electron chi connectivity index (χ2n) is 5.06. The number of rotatable bonds is 5. The summed E-state index contributed by atoms with van der Waals surface area (Å²) in [5, 5.41) is 37.7. The minimum atomic E-state index is -1.29. The third-order valence-electron chi connectivity index (χ3n) is 3.35. The van der Waals surface area contributed by atoms with Crippen LogP contribution in [0.15, 0.2) is 34.5 Å². The number of halogens is 1. The standard InChI is InChI=1S/C15H17BrO7/c16-9-3-1-8(2-4-9)5-11(15(20)21)22-13-6-10(18)14(19)12(7-17)23-13/h1-5,10,12-14,17-19H,6-7H2,(H,20,21)/b11-5-/t10-,12-,13-,14+/m0/s1. The van der Waals surface area contributed by atoms with Crippen molar-refractivity contribution >= 4 is 28.0 Å². The average Bonchev–Trinajstić information content (AvgIpc) is 2.52. The Morgan fingerprint density at radius 3 is 2.57 bits per heavy atom. The molecule has 7 nitrogen and oxygen atoms in total. The summed E-state index contributed by atoms with van der Waals surface area (Å²) < 4.78 is 11.4. The molecule has 0 unspecified atom stereocenters. The third kappa shape index (κ3) is 4.76. The summed E-state index contributed by atoms with van der Waals surface area (Å²) in [6.45, 7) is -0.517. The summed E-state index contributed by atoms with van der Waals surface area (Å²) in [6.07, 6.45) is -3.32. The maximum atomic E-state index is 11.3. The van der Waals surface area contributed by atoms with Gasteiger partial charge in [-0.25, -0.2) is 4.79 Å². The predicted molar refractivity (Wildman–Crippen MR) is 83.2 cm³/mol. The van der Waals surface area contributed by atoms with Crippen LogP contribution in [0.2, 0.25) is 0 Å². The van der Waals surface area contributed by atoms with Gasteiger partial charge in [-0.05, 0) is 23.8 Å². The van der Waals surface area contributed by atoms with Crippen LogP contribution in [0, 0.1) is 0 Å². The molecule has 1 aromatic carbocycles. The van der Waals surface area contributed by atoms with Crippen molar-refractivity contribution in [1.82, 2.24) is 0 Å². The highest BCUT2D eigenvalue weighted by Crippen LogP contribution is 2.24. The summed E-state index contributed by atoms with van der Waals surface area (Å²) in [4.78, 5) is 11.3. The van der Waals surface area contributed by atoms with E-state index in [2.05, 4.69) is 15.9 Å². The van der Waals surface area contributed by atoms with Crippen LogP contribution >= 0.6 is 15.9 Å². The van der Waals surface area contributed by atoms with E-state index in [1.54, 1.807) is 24.3 Å². The first-order valence-electron chi connectivity index (χ1n) is 6.90. The van der Waals surface area contributed by atoms with Gasteiger partial charge in [-0.15, -0.1) is 0 Å². The molecule has 2 rings (SSSR count). The van der Waals surface area contributed by atoms with Crippen LogP contribution < -0.4 is 0 Å². The number of hydrogen-bond acceptors (Lipinski definition) is 6. The molecular weight excluding hydrogens is 372 g/mol. The molecule has 0 bridgehead atoms. The molecule has 1 heterocycles. The van der Waals surface area contributed by atoms with Crippen LogP contribution in [0.1, 0.15) is 12.0 Å². The molecule has 0 spiro atoms. The van der Waals surface area contributed by atoms with Gasteiger partial charge < -0.3 is 29.9 Å². The highest BCUT2D eigenvalue weighted by atomic mass is 79.9. The lowest BCUT2D eigenvalue weighted by Crippen LogP contribution is -2.50. The normalized spacial score (nSPS) is 28.4. The Balaban J connectivity index is 2.13. The molecule has 0 aromatic heterocycles. The molecule has 4 atom stereocenters. The van der Waals surface area contributed by atoms with E-state index in [1.807, 2.05) is 0 Å². The number of hydrogen-bond donors (Lipinski definition) is 4. The molecule has 1 aromatic rings. The van der Waals surface area contributed by atoms with E-state index in [9.17, 15) is 20.1 Å².